The van der Waals surface area contributed by atoms with Crippen molar-refractivity contribution in [3.8, 4) is 10.6 Å². The van der Waals surface area contributed by atoms with Gasteiger partial charge in [0.15, 0.2) is 0 Å². The topological polar surface area (TPSA) is 61.0 Å². The molecule has 0 bridgehead atoms. The summed E-state index contributed by atoms with van der Waals surface area (Å²) in [5.74, 6) is -0.0458. The fraction of sp³-hybridized carbons (Fsp3) is 0.333. The molecule has 1 fully saturated rings. The summed E-state index contributed by atoms with van der Waals surface area (Å²) < 4.78 is 0. The SMILES string of the molecule is O=C(NCc1cc(-c2cccs2)[nH]n1)c1ccccc1N1CCCCCC1. The molecule has 1 amide bonds. The Kier molecular flexibility index (Phi) is 5.53. The maximum Gasteiger partial charge on any atom is 0.253 e. The van der Waals surface area contributed by atoms with Crippen LogP contribution in [0.2, 0.25) is 0 Å². The number of hydrogen-bond acceptors (Lipinski definition) is 4. The number of hydrogen-bond donors (Lipinski definition) is 2. The van der Waals surface area contributed by atoms with Gasteiger partial charge in [0, 0.05) is 18.8 Å². The van der Waals surface area contributed by atoms with Crippen molar-refractivity contribution in [1.82, 2.24) is 15.5 Å². The summed E-state index contributed by atoms with van der Waals surface area (Å²) in [6.07, 6.45) is 4.93. The number of nitrogens with zero attached hydrogens (tertiary/aromatic N) is 2. The maximum atomic E-state index is 12.8. The molecule has 2 aromatic heterocycles. The van der Waals surface area contributed by atoms with Gasteiger partial charge in [0.2, 0.25) is 0 Å². The molecule has 0 unspecified atom stereocenters. The van der Waals surface area contributed by atoms with Crippen molar-refractivity contribution in [3.05, 3.63) is 59.1 Å². The van der Waals surface area contributed by atoms with Crippen LogP contribution in [0, 0.1) is 0 Å². The highest BCUT2D eigenvalue weighted by Gasteiger charge is 2.17. The molecule has 27 heavy (non-hydrogen) atoms. The first-order valence-electron chi connectivity index (χ1n) is 9.51. The van der Waals surface area contributed by atoms with Crippen molar-refractivity contribution < 1.29 is 4.79 Å². The molecule has 1 aromatic carbocycles. The quantitative estimate of drug-likeness (QED) is 0.687. The first kappa shape index (κ1) is 17.8. The Labute approximate surface area is 163 Å². The van der Waals surface area contributed by atoms with Crippen LogP contribution in [0.25, 0.3) is 10.6 Å². The normalized spacial score (nSPS) is 14.7. The van der Waals surface area contributed by atoms with Gasteiger partial charge in [-0.2, -0.15) is 5.10 Å². The number of H-pyrrole nitrogens is 1. The van der Waals surface area contributed by atoms with E-state index in [1.54, 1.807) is 11.3 Å². The zero-order valence-electron chi connectivity index (χ0n) is 15.3. The van der Waals surface area contributed by atoms with E-state index in [0.29, 0.717) is 6.54 Å². The molecule has 1 saturated heterocycles. The minimum atomic E-state index is -0.0458. The molecule has 5 nitrogen and oxygen atoms in total. The van der Waals surface area contributed by atoms with E-state index in [2.05, 4.69) is 32.5 Å². The number of carbonyl (C=O) groups is 1. The average Bonchev–Trinajstić information content (AvgIpc) is 3.32. The van der Waals surface area contributed by atoms with Crippen molar-refractivity contribution in [2.45, 2.75) is 32.2 Å². The third-order valence-corrected chi connectivity index (χ3v) is 5.85. The van der Waals surface area contributed by atoms with Crippen LogP contribution in [0.15, 0.2) is 47.8 Å². The second-order valence-electron chi connectivity index (χ2n) is 6.85. The van der Waals surface area contributed by atoms with Crippen LogP contribution in [0.3, 0.4) is 0 Å². The lowest BCUT2D eigenvalue weighted by Crippen LogP contribution is -2.29. The summed E-state index contributed by atoms with van der Waals surface area (Å²) in [6, 6.07) is 14.0. The lowest BCUT2D eigenvalue weighted by atomic mass is 10.1. The molecule has 4 rings (SSSR count). The third-order valence-electron chi connectivity index (χ3n) is 4.94. The van der Waals surface area contributed by atoms with Gasteiger partial charge >= 0.3 is 0 Å². The van der Waals surface area contributed by atoms with Crippen molar-refractivity contribution in [2.24, 2.45) is 0 Å². The molecule has 140 valence electrons. The number of amides is 1. The van der Waals surface area contributed by atoms with E-state index in [9.17, 15) is 4.79 Å². The maximum absolute atomic E-state index is 12.8. The summed E-state index contributed by atoms with van der Waals surface area (Å²) in [5, 5.41) is 12.4. The molecule has 6 heteroatoms. The molecule has 0 saturated carbocycles. The summed E-state index contributed by atoms with van der Waals surface area (Å²) in [7, 11) is 0. The highest BCUT2D eigenvalue weighted by Crippen LogP contribution is 2.25. The Morgan fingerprint density at radius 3 is 2.70 bits per heavy atom. The second-order valence-corrected chi connectivity index (χ2v) is 7.80. The number of para-hydroxylation sites is 1. The van der Waals surface area contributed by atoms with Gasteiger partial charge in [-0.3, -0.25) is 9.89 Å². The Hall–Kier alpha value is -2.60. The van der Waals surface area contributed by atoms with Crippen LogP contribution >= 0.6 is 11.3 Å². The predicted molar refractivity (Wildman–Crippen MR) is 110 cm³/mol. The molecule has 2 N–H and O–H groups in total. The number of nitrogens with one attached hydrogen (secondary N) is 2. The fourth-order valence-corrected chi connectivity index (χ4v) is 4.22. The molecule has 1 aliphatic rings. The van der Waals surface area contributed by atoms with Gasteiger partial charge in [-0.25, -0.2) is 0 Å². The van der Waals surface area contributed by atoms with Crippen LogP contribution in [-0.4, -0.2) is 29.2 Å². The number of anilines is 1. The Morgan fingerprint density at radius 1 is 1.11 bits per heavy atom. The van der Waals surface area contributed by atoms with Crippen LogP contribution in [-0.2, 0) is 6.54 Å². The van der Waals surface area contributed by atoms with Crippen LogP contribution in [0.4, 0.5) is 5.69 Å². The molecule has 0 spiro atoms. The standard InChI is InChI=1S/C21H24N4OS/c26-21(22-15-16-14-18(24-23-16)20-10-7-13-27-20)17-8-3-4-9-19(17)25-11-5-1-2-6-12-25/h3-4,7-10,13-14H,1-2,5-6,11-12,15H2,(H,22,26)(H,23,24). The number of aromatic amines is 1. The average molecular weight is 381 g/mol. The predicted octanol–water partition coefficient (Wildman–Crippen LogP) is 4.45. The number of benzene rings is 1. The Balaban J connectivity index is 1.44. The number of rotatable bonds is 5. The smallest absolute Gasteiger partial charge is 0.253 e. The van der Waals surface area contributed by atoms with Gasteiger partial charge < -0.3 is 10.2 Å². The molecule has 3 heterocycles. The number of thiophene rings is 1. The lowest BCUT2D eigenvalue weighted by Gasteiger charge is -2.25. The molecule has 1 aliphatic heterocycles. The van der Waals surface area contributed by atoms with E-state index < -0.39 is 0 Å². The fourth-order valence-electron chi connectivity index (χ4n) is 3.53. The zero-order valence-corrected chi connectivity index (χ0v) is 16.1. The van der Waals surface area contributed by atoms with E-state index in [-0.39, 0.29) is 5.91 Å². The molecule has 0 radical (unpaired) electrons. The van der Waals surface area contributed by atoms with Gasteiger partial charge in [0.05, 0.1) is 28.4 Å². The third kappa shape index (κ3) is 4.22. The van der Waals surface area contributed by atoms with Crippen molar-refractivity contribution in [1.29, 1.82) is 0 Å². The molecular weight excluding hydrogens is 356 g/mol. The highest BCUT2D eigenvalue weighted by molar-refractivity contribution is 7.13. The van der Waals surface area contributed by atoms with Crippen molar-refractivity contribution in [3.63, 3.8) is 0 Å². The van der Waals surface area contributed by atoms with E-state index >= 15 is 0 Å². The number of carbonyl (C=O) groups excluding carboxylic acids is 1. The van der Waals surface area contributed by atoms with E-state index in [1.807, 2.05) is 35.7 Å². The van der Waals surface area contributed by atoms with Gasteiger partial charge in [-0.15, -0.1) is 11.3 Å². The summed E-state index contributed by atoms with van der Waals surface area (Å²) in [4.78, 5) is 16.3. The summed E-state index contributed by atoms with van der Waals surface area (Å²) >= 11 is 1.67. The Bertz CT molecular complexity index is 879. The largest absolute Gasteiger partial charge is 0.371 e. The van der Waals surface area contributed by atoms with Gasteiger partial charge in [0.1, 0.15) is 0 Å². The van der Waals surface area contributed by atoms with Crippen LogP contribution in [0.5, 0.6) is 0 Å². The molecular formula is C21H24N4OS. The Morgan fingerprint density at radius 2 is 1.93 bits per heavy atom. The first-order chi connectivity index (χ1) is 13.3. The molecule has 3 aromatic rings. The monoisotopic (exact) mass is 380 g/mol. The molecule has 0 atom stereocenters. The number of aromatic nitrogens is 2. The highest BCUT2D eigenvalue weighted by atomic mass is 32.1. The van der Waals surface area contributed by atoms with E-state index in [4.69, 9.17) is 0 Å². The van der Waals surface area contributed by atoms with Gasteiger partial charge in [-0.1, -0.05) is 31.0 Å². The first-order valence-corrected chi connectivity index (χ1v) is 10.4. The van der Waals surface area contributed by atoms with Crippen LogP contribution in [0.1, 0.15) is 41.7 Å². The minimum Gasteiger partial charge on any atom is -0.371 e. The summed E-state index contributed by atoms with van der Waals surface area (Å²) in [6.45, 7) is 2.46. The van der Waals surface area contributed by atoms with E-state index in [1.165, 1.54) is 25.7 Å². The van der Waals surface area contributed by atoms with E-state index in [0.717, 1.165) is 40.6 Å². The van der Waals surface area contributed by atoms with Gasteiger partial charge in [0.25, 0.3) is 5.91 Å². The van der Waals surface area contributed by atoms with Crippen molar-refractivity contribution >= 4 is 22.9 Å². The summed E-state index contributed by atoms with van der Waals surface area (Å²) in [5.41, 5.74) is 3.60. The lowest BCUT2D eigenvalue weighted by molar-refractivity contribution is 0.0951. The van der Waals surface area contributed by atoms with Gasteiger partial charge in [-0.05, 0) is 42.5 Å². The van der Waals surface area contributed by atoms with Crippen LogP contribution < -0.4 is 10.2 Å². The molecule has 0 aliphatic carbocycles. The zero-order chi connectivity index (χ0) is 18.5. The van der Waals surface area contributed by atoms with Crippen molar-refractivity contribution in [2.75, 3.05) is 18.0 Å². The minimum absolute atomic E-state index is 0.0458. The second kappa shape index (κ2) is 8.39.